The number of hydrogen-bond donors (Lipinski definition) is 2. The summed E-state index contributed by atoms with van der Waals surface area (Å²) in [5.74, 6) is 0.486. The quantitative estimate of drug-likeness (QED) is 0.856. The Labute approximate surface area is 143 Å². The van der Waals surface area contributed by atoms with Crippen molar-refractivity contribution in [1.82, 2.24) is 9.78 Å². The minimum Gasteiger partial charge on any atom is -0.322 e. The van der Waals surface area contributed by atoms with Crippen molar-refractivity contribution in [2.75, 3.05) is 5.32 Å². The van der Waals surface area contributed by atoms with Gasteiger partial charge in [0.25, 0.3) is 0 Å². The van der Waals surface area contributed by atoms with E-state index in [2.05, 4.69) is 22.5 Å². The second-order valence-electron chi connectivity index (χ2n) is 6.75. The third-order valence-electron chi connectivity index (χ3n) is 4.74. The van der Waals surface area contributed by atoms with Crippen LogP contribution in [-0.2, 0) is 11.3 Å². The molecule has 1 aliphatic rings. The number of nitrogens with zero attached hydrogens (tertiary/aromatic N) is 2. The fourth-order valence-electron chi connectivity index (χ4n) is 3.41. The lowest BCUT2D eigenvalue weighted by Crippen LogP contribution is -2.37. The van der Waals surface area contributed by atoms with E-state index in [-0.39, 0.29) is 5.91 Å². The first-order chi connectivity index (χ1) is 11.7. The van der Waals surface area contributed by atoms with Crippen molar-refractivity contribution in [3.05, 3.63) is 48.3 Å². The molecule has 5 nitrogen and oxygen atoms in total. The number of nitrogens with two attached hydrogens (primary N) is 1. The second kappa shape index (κ2) is 8.11. The average Bonchev–Trinajstić information content (AvgIpc) is 3.03. The molecule has 1 aromatic carbocycles. The standard InChI is InChI=1S/C19H26N4O/c20-18(11-15-7-3-1-4-8-15)19(24)22-17-12-21-23(14-17)13-16-9-5-2-6-10-16/h2,5-6,9-10,12,14-15,18H,1,3-4,7-8,11,13,20H2,(H,22,24). The maximum atomic E-state index is 12.3. The van der Waals surface area contributed by atoms with E-state index in [0.717, 1.165) is 6.42 Å². The summed E-state index contributed by atoms with van der Waals surface area (Å²) in [5.41, 5.74) is 7.96. The van der Waals surface area contributed by atoms with E-state index in [1.807, 2.05) is 29.1 Å². The van der Waals surface area contributed by atoms with Gasteiger partial charge in [0.15, 0.2) is 0 Å². The molecule has 1 atom stereocenters. The first kappa shape index (κ1) is 16.7. The highest BCUT2D eigenvalue weighted by Gasteiger charge is 2.21. The summed E-state index contributed by atoms with van der Waals surface area (Å²) in [6.45, 7) is 0.685. The van der Waals surface area contributed by atoms with Crippen LogP contribution in [0.3, 0.4) is 0 Å². The predicted octanol–water partition coefficient (Wildman–Crippen LogP) is 3.17. The molecule has 128 valence electrons. The van der Waals surface area contributed by atoms with Gasteiger partial charge in [-0.2, -0.15) is 5.10 Å². The largest absolute Gasteiger partial charge is 0.322 e. The number of carbonyl (C=O) groups is 1. The first-order valence-electron chi connectivity index (χ1n) is 8.83. The minimum atomic E-state index is -0.439. The Kier molecular flexibility index (Phi) is 5.64. The highest BCUT2D eigenvalue weighted by atomic mass is 16.2. The monoisotopic (exact) mass is 326 g/mol. The van der Waals surface area contributed by atoms with Crippen molar-refractivity contribution in [2.45, 2.75) is 51.1 Å². The van der Waals surface area contributed by atoms with Crippen LogP contribution in [0.2, 0.25) is 0 Å². The number of carbonyl (C=O) groups excluding carboxylic acids is 1. The van der Waals surface area contributed by atoms with Gasteiger partial charge in [-0.3, -0.25) is 9.48 Å². The van der Waals surface area contributed by atoms with Crippen molar-refractivity contribution < 1.29 is 4.79 Å². The molecule has 0 spiro atoms. The van der Waals surface area contributed by atoms with Crippen LogP contribution < -0.4 is 11.1 Å². The number of amides is 1. The number of anilines is 1. The SMILES string of the molecule is NC(CC1CCCCC1)C(=O)Nc1cnn(Cc2ccccc2)c1. The number of benzene rings is 1. The molecular formula is C19H26N4O. The number of rotatable bonds is 6. The maximum absolute atomic E-state index is 12.3. The Balaban J connectivity index is 1.51. The normalized spacial score (nSPS) is 16.7. The minimum absolute atomic E-state index is 0.111. The van der Waals surface area contributed by atoms with Gasteiger partial charge in [0, 0.05) is 6.20 Å². The second-order valence-corrected chi connectivity index (χ2v) is 6.75. The highest BCUT2D eigenvalue weighted by Crippen LogP contribution is 2.27. The summed E-state index contributed by atoms with van der Waals surface area (Å²) in [4.78, 5) is 12.3. The van der Waals surface area contributed by atoms with Gasteiger partial charge in [0.05, 0.1) is 24.5 Å². The van der Waals surface area contributed by atoms with Gasteiger partial charge in [0.2, 0.25) is 5.91 Å². The van der Waals surface area contributed by atoms with Crippen LogP contribution >= 0.6 is 0 Å². The van der Waals surface area contributed by atoms with Crippen LogP contribution in [0.15, 0.2) is 42.7 Å². The van der Waals surface area contributed by atoms with E-state index in [9.17, 15) is 4.79 Å². The molecule has 0 radical (unpaired) electrons. The molecule has 5 heteroatoms. The summed E-state index contributed by atoms with van der Waals surface area (Å²) in [6.07, 6.45) is 10.6. The zero-order valence-corrected chi connectivity index (χ0v) is 14.0. The lowest BCUT2D eigenvalue weighted by molar-refractivity contribution is -0.117. The third kappa shape index (κ3) is 4.68. The molecule has 1 heterocycles. The molecule has 3 rings (SSSR count). The van der Waals surface area contributed by atoms with Gasteiger partial charge >= 0.3 is 0 Å². The van der Waals surface area contributed by atoms with Crippen molar-refractivity contribution in [3.63, 3.8) is 0 Å². The molecule has 0 saturated heterocycles. The highest BCUT2D eigenvalue weighted by molar-refractivity contribution is 5.94. The zero-order chi connectivity index (χ0) is 16.8. The van der Waals surface area contributed by atoms with Gasteiger partial charge in [-0.15, -0.1) is 0 Å². The van der Waals surface area contributed by atoms with E-state index in [4.69, 9.17) is 5.73 Å². The van der Waals surface area contributed by atoms with E-state index < -0.39 is 6.04 Å². The molecule has 1 fully saturated rings. The maximum Gasteiger partial charge on any atom is 0.241 e. The molecule has 1 saturated carbocycles. The van der Waals surface area contributed by atoms with Crippen LogP contribution in [0.5, 0.6) is 0 Å². The molecule has 1 aliphatic carbocycles. The van der Waals surface area contributed by atoms with E-state index >= 15 is 0 Å². The fraction of sp³-hybridized carbons (Fsp3) is 0.474. The Bertz CT molecular complexity index is 646. The van der Waals surface area contributed by atoms with Crippen LogP contribution in [0.1, 0.15) is 44.1 Å². The van der Waals surface area contributed by atoms with E-state index in [1.54, 1.807) is 6.20 Å². The van der Waals surface area contributed by atoms with Gasteiger partial charge in [-0.1, -0.05) is 62.4 Å². The summed E-state index contributed by atoms with van der Waals surface area (Å²) in [7, 11) is 0. The molecule has 2 aromatic rings. The third-order valence-corrected chi connectivity index (χ3v) is 4.74. The molecule has 3 N–H and O–H groups in total. The Morgan fingerprint density at radius 1 is 1.25 bits per heavy atom. The molecule has 0 aliphatic heterocycles. The Hall–Kier alpha value is -2.14. The topological polar surface area (TPSA) is 72.9 Å². The van der Waals surface area contributed by atoms with E-state index in [0.29, 0.717) is 18.2 Å². The number of nitrogens with one attached hydrogen (secondary N) is 1. The van der Waals surface area contributed by atoms with Crippen LogP contribution in [0, 0.1) is 5.92 Å². The van der Waals surface area contributed by atoms with Gasteiger partial charge < -0.3 is 11.1 Å². The van der Waals surface area contributed by atoms with Gasteiger partial charge in [-0.05, 0) is 17.9 Å². The van der Waals surface area contributed by atoms with Crippen molar-refractivity contribution in [2.24, 2.45) is 11.7 Å². The Morgan fingerprint density at radius 3 is 2.75 bits per heavy atom. The summed E-state index contributed by atoms with van der Waals surface area (Å²) in [5, 5.41) is 7.19. The molecule has 1 amide bonds. The van der Waals surface area contributed by atoms with Crippen LogP contribution in [0.4, 0.5) is 5.69 Å². The molecule has 0 bridgehead atoms. The summed E-state index contributed by atoms with van der Waals surface area (Å²) < 4.78 is 1.82. The lowest BCUT2D eigenvalue weighted by atomic mass is 9.85. The predicted molar refractivity (Wildman–Crippen MR) is 95.6 cm³/mol. The Morgan fingerprint density at radius 2 is 2.00 bits per heavy atom. The van der Waals surface area contributed by atoms with Crippen molar-refractivity contribution in [1.29, 1.82) is 0 Å². The smallest absolute Gasteiger partial charge is 0.241 e. The fourth-order valence-corrected chi connectivity index (χ4v) is 3.41. The number of hydrogen-bond acceptors (Lipinski definition) is 3. The van der Waals surface area contributed by atoms with Crippen molar-refractivity contribution in [3.8, 4) is 0 Å². The van der Waals surface area contributed by atoms with Gasteiger partial charge in [0.1, 0.15) is 0 Å². The molecular weight excluding hydrogens is 300 g/mol. The van der Waals surface area contributed by atoms with Gasteiger partial charge in [-0.25, -0.2) is 0 Å². The van der Waals surface area contributed by atoms with E-state index in [1.165, 1.54) is 37.7 Å². The van der Waals surface area contributed by atoms with Crippen LogP contribution in [-0.4, -0.2) is 21.7 Å². The van der Waals surface area contributed by atoms with Crippen LogP contribution in [0.25, 0.3) is 0 Å². The van der Waals surface area contributed by atoms with Crippen molar-refractivity contribution >= 4 is 11.6 Å². The molecule has 24 heavy (non-hydrogen) atoms. The zero-order valence-electron chi connectivity index (χ0n) is 14.0. The summed E-state index contributed by atoms with van der Waals surface area (Å²) >= 11 is 0. The lowest BCUT2D eigenvalue weighted by Gasteiger charge is -2.23. The first-order valence-corrected chi connectivity index (χ1v) is 8.83. The molecule has 1 aromatic heterocycles. The average molecular weight is 326 g/mol. The number of aromatic nitrogens is 2. The molecule has 1 unspecified atom stereocenters. The summed E-state index contributed by atoms with van der Waals surface area (Å²) in [6, 6.07) is 9.68.